The fourth-order valence-corrected chi connectivity index (χ4v) is 6.17. The van der Waals surface area contributed by atoms with E-state index >= 15 is 0 Å². The van der Waals surface area contributed by atoms with Gasteiger partial charge in [0.2, 0.25) is 0 Å². The lowest BCUT2D eigenvalue weighted by molar-refractivity contribution is 1.64. The van der Waals surface area contributed by atoms with Gasteiger partial charge in [-0.3, -0.25) is 0 Å². The third kappa shape index (κ3) is 1.56. The van der Waals surface area contributed by atoms with E-state index in [1.54, 1.807) is 10.6 Å². The molecule has 1 atom stereocenters. The van der Waals surface area contributed by atoms with E-state index in [-0.39, 0.29) is 0 Å². The maximum absolute atomic E-state index is 2.43. The molecule has 0 amide bonds. The van der Waals surface area contributed by atoms with Crippen molar-refractivity contribution in [3.05, 3.63) is 71.5 Å². The average molecular weight is 239 g/mol. The molecule has 3 rings (SSSR count). The van der Waals surface area contributed by atoms with E-state index in [1.165, 1.54) is 10.9 Å². The summed E-state index contributed by atoms with van der Waals surface area (Å²) in [7, 11) is -1.11. The molecular weight excluding hydrogens is 223 g/mol. The van der Waals surface area contributed by atoms with Crippen LogP contribution in [0.1, 0.15) is 12.5 Å². The van der Waals surface area contributed by atoms with E-state index in [0.29, 0.717) is 0 Å². The van der Waals surface area contributed by atoms with Crippen molar-refractivity contribution < 1.29 is 0 Å². The van der Waals surface area contributed by atoms with Gasteiger partial charge in [-0.25, -0.2) is 0 Å². The lowest BCUT2D eigenvalue weighted by atomic mass is 10.2. The van der Waals surface area contributed by atoms with Crippen LogP contribution in [0.25, 0.3) is 5.31 Å². The second kappa shape index (κ2) is 3.82. The van der Waals surface area contributed by atoms with Gasteiger partial charge in [-0.2, -0.15) is 0 Å². The molecular formula is C16H16P+. The van der Waals surface area contributed by atoms with E-state index < -0.39 is 7.26 Å². The molecule has 0 saturated carbocycles. The van der Waals surface area contributed by atoms with Crippen molar-refractivity contribution in [2.45, 2.75) is 6.92 Å². The normalized spacial score (nSPS) is 22.7. The van der Waals surface area contributed by atoms with Gasteiger partial charge in [-0.05, 0) is 19.1 Å². The Kier molecular flexibility index (Phi) is 2.42. The van der Waals surface area contributed by atoms with E-state index in [2.05, 4.69) is 74.3 Å². The van der Waals surface area contributed by atoms with E-state index in [4.69, 9.17) is 0 Å². The van der Waals surface area contributed by atoms with Crippen LogP contribution in [0.3, 0.4) is 0 Å². The van der Waals surface area contributed by atoms with Crippen molar-refractivity contribution in [1.29, 1.82) is 0 Å². The molecule has 1 heteroatoms. The highest BCUT2D eigenvalue weighted by atomic mass is 31.2. The molecule has 1 aliphatic heterocycles. The minimum Gasteiger partial charge on any atom is -0.0622 e. The maximum Gasteiger partial charge on any atom is 0.149 e. The van der Waals surface area contributed by atoms with Crippen molar-refractivity contribution in [2.24, 2.45) is 0 Å². The Morgan fingerprint density at radius 1 is 0.765 bits per heavy atom. The van der Waals surface area contributed by atoms with Crippen molar-refractivity contribution in [2.75, 3.05) is 6.66 Å². The molecule has 84 valence electrons. The summed E-state index contributed by atoms with van der Waals surface area (Å²) in [5, 5.41) is 4.72. The van der Waals surface area contributed by atoms with Crippen molar-refractivity contribution in [1.82, 2.24) is 0 Å². The summed E-state index contributed by atoms with van der Waals surface area (Å²) in [6.45, 7) is 4.73. The van der Waals surface area contributed by atoms with Gasteiger partial charge in [-0.1, -0.05) is 48.5 Å². The average Bonchev–Trinajstić information content (AvgIpc) is 2.95. The Labute approximate surface area is 103 Å². The zero-order valence-corrected chi connectivity index (χ0v) is 11.1. The zero-order chi connectivity index (χ0) is 11.9. The molecule has 0 nitrogen and oxygen atoms in total. The standard InChI is InChI=1S/C16H16P/c1-13-16(14-9-5-3-6-10-14)17(13,2)15-11-7-4-8-12-15/h3-12H,1-2H3/q+1. The van der Waals surface area contributed by atoms with E-state index in [0.717, 1.165) is 0 Å². The van der Waals surface area contributed by atoms with Gasteiger partial charge < -0.3 is 0 Å². The van der Waals surface area contributed by atoms with Gasteiger partial charge in [0.05, 0.1) is 6.66 Å². The third-order valence-electron chi connectivity index (χ3n) is 3.73. The Morgan fingerprint density at radius 2 is 1.29 bits per heavy atom. The molecule has 0 bridgehead atoms. The summed E-state index contributed by atoms with van der Waals surface area (Å²) in [5.74, 6) is 0. The SMILES string of the molecule is CC1=C(c2ccccc2)[P+]1(C)c1ccccc1. The fourth-order valence-electron chi connectivity index (χ4n) is 2.58. The first-order valence-corrected chi connectivity index (χ1v) is 8.18. The third-order valence-corrected chi connectivity index (χ3v) is 7.89. The highest BCUT2D eigenvalue weighted by Gasteiger charge is 2.59. The minimum atomic E-state index is -1.11. The first-order chi connectivity index (χ1) is 8.24. The van der Waals surface area contributed by atoms with Gasteiger partial charge in [0, 0.05) is 5.56 Å². The molecule has 1 unspecified atom stereocenters. The molecule has 17 heavy (non-hydrogen) atoms. The Balaban J connectivity index is 2.01. The monoisotopic (exact) mass is 239 g/mol. The maximum atomic E-state index is 2.43. The smallest absolute Gasteiger partial charge is 0.0622 e. The van der Waals surface area contributed by atoms with Crippen LogP contribution in [-0.4, -0.2) is 6.66 Å². The van der Waals surface area contributed by atoms with Crippen molar-refractivity contribution in [3.8, 4) is 0 Å². The number of benzene rings is 2. The Bertz CT molecular complexity index is 569. The summed E-state index contributed by atoms with van der Waals surface area (Å²) < 4.78 is 0. The molecule has 0 aliphatic carbocycles. The highest BCUT2D eigenvalue weighted by Crippen LogP contribution is 2.86. The van der Waals surface area contributed by atoms with E-state index in [1.807, 2.05) is 0 Å². The molecule has 0 saturated heterocycles. The van der Waals surface area contributed by atoms with E-state index in [9.17, 15) is 0 Å². The molecule has 1 aliphatic rings. The summed E-state index contributed by atoms with van der Waals surface area (Å²) >= 11 is 0. The van der Waals surface area contributed by atoms with Gasteiger partial charge in [0.25, 0.3) is 0 Å². The second-order valence-corrected chi connectivity index (χ2v) is 8.29. The second-order valence-electron chi connectivity index (χ2n) is 4.64. The summed E-state index contributed by atoms with van der Waals surface area (Å²) in [6, 6.07) is 21.7. The molecule has 0 fully saturated rings. The molecule has 0 aromatic heterocycles. The molecule has 1 heterocycles. The number of hydrogen-bond donors (Lipinski definition) is 0. The van der Waals surface area contributed by atoms with Crippen LogP contribution in [-0.2, 0) is 0 Å². The molecule has 0 spiro atoms. The largest absolute Gasteiger partial charge is 0.149 e. The molecule has 2 aromatic rings. The molecule has 2 aromatic carbocycles. The fraction of sp³-hybridized carbons (Fsp3) is 0.125. The summed E-state index contributed by atoms with van der Waals surface area (Å²) in [5.41, 5.74) is 1.41. The summed E-state index contributed by atoms with van der Waals surface area (Å²) in [6.07, 6.45) is 0. The Hall–Kier alpha value is -1.39. The highest BCUT2D eigenvalue weighted by molar-refractivity contribution is 8.02. The lowest BCUT2D eigenvalue weighted by Gasteiger charge is -2.05. The van der Waals surface area contributed by atoms with Crippen LogP contribution >= 0.6 is 7.26 Å². The molecule has 0 radical (unpaired) electrons. The predicted octanol–water partition coefficient (Wildman–Crippen LogP) is 4.36. The van der Waals surface area contributed by atoms with Crippen LogP contribution in [0.15, 0.2) is 66.0 Å². The van der Waals surface area contributed by atoms with Gasteiger partial charge in [0.1, 0.15) is 23.2 Å². The van der Waals surface area contributed by atoms with Gasteiger partial charge in [-0.15, -0.1) is 0 Å². The van der Waals surface area contributed by atoms with Crippen LogP contribution in [0, 0.1) is 0 Å². The topological polar surface area (TPSA) is 0 Å². The van der Waals surface area contributed by atoms with Gasteiger partial charge >= 0.3 is 0 Å². The lowest BCUT2D eigenvalue weighted by Crippen LogP contribution is -2.00. The first kappa shape index (κ1) is 10.7. The van der Waals surface area contributed by atoms with Crippen LogP contribution in [0.2, 0.25) is 0 Å². The van der Waals surface area contributed by atoms with Crippen LogP contribution < -0.4 is 5.30 Å². The van der Waals surface area contributed by atoms with Crippen molar-refractivity contribution in [3.63, 3.8) is 0 Å². The number of rotatable bonds is 2. The van der Waals surface area contributed by atoms with Crippen LogP contribution in [0.4, 0.5) is 0 Å². The predicted molar refractivity (Wildman–Crippen MR) is 78.0 cm³/mol. The Morgan fingerprint density at radius 3 is 1.88 bits per heavy atom. The summed E-state index contributed by atoms with van der Waals surface area (Å²) in [4.78, 5) is 0. The quantitative estimate of drug-likeness (QED) is 0.683. The van der Waals surface area contributed by atoms with Crippen molar-refractivity contribution >= 4 is 17.9 Å². The minimum absolute atomic E-state index is 1.11. The number of allylic oxidation sites excluding steroid dienone is 1. The zero-order valence-electron chi connectivity index (χ0n) is 10.2. The van der Waals surface area contributed by atoms with Crippen LogP contribution in [0.5, 0.6) is 0 Å². The van der Waals surface area contributed by atoms with Gasteiger partial charge in [0.15, 0.2) is 0 Å². The molecule has 0 N–H and O–H groups in total. The number of hydrogen-bond acceptors (Lipinski definition) is 0. The first-order valence-electron chi connectivity index (χ1n) is 5.94.